The molecule has 2 N–H and O–H groups in total. The van der Waals surface area contributed by atoms with Gasteiger partial charge < -0.3 is 19.9 Å². The number of hydrogen-bond acceptors (Lipinski definition) is 9. The maximum Gasteiger partial charge on any atom is 0.236 e. The molecule has 3 saturated heterocycles. The first-order valence-electron chi connectivity index (χ1n) is 17.9. The lowest BCUT2D eigenvalue weighted by Gasteiger charge is -2.37. The van der Waals surface area contributed by atoms with Gasteiger partial charge in [-0.2, -0.15) is 5.10 Å². The molecule has 268 valence electrons. The topological polar surface area (TPSA) is 123 Å². The van der Waals surface area contributed by atoms with Gasteiger partial charge in [0.15, 0.2) is 5.82 Å². The molecule has 12 nitrogen and oxygen atoms in total. The number of hydrogen-bond donors (Lipinski definition) is 2. The summed E-state index contributed by atoms with van der Waals surface area (Å²) in [6.07, 6.45) is 4.13. The van der Waals surface area contributed by atoms with Crippen LogP contribution in [0.3, 0.4) is 0 Å². The van der Waals surface area contributed by atoms with Gasteiger partial charge in [-0.3, -0.25) is 24.5 Å². The molecular weight excluding hydrogens is 661 g/mol. The van der Waals surface area contributed by atoms with Gasteiger partial charge >= 0.3 is 0 Å². The maximum absolute atomic E-state index is 14.3. The summed E-state index contributed by atoms with van der Waals surface area (Å²) in [6.45, 7) is 7.64. The van der Waals surface area contributed by atoms with Crippen LogP contribution >= 0.6 is 0 Å². The molecule has 2 aromatic heterocycles. The molecule has 5 heterocycles. The van der Waals surface area contributed by atoms with E-state index in [2.05, 4.69) is 52.3 Å². The Kier molecular flexibility index (Phi) is 9.63. The maximum atomic E-state index is 14.3. The van der Waals surface area contributed by atoms with Crippen molar-refractivity contribution >= 4 is 34.1 Å². The number of H-pyrrole nitrogens is 1. The average Bonchev–Trinajstić information content (AvgIpc) is 3.80. The minimum atomic E-state index is -0.696. The van der Waals surface area contributed by atoms with Crippen LogP contribution < -0.4 is 10.2 Å². The van der Waals surface area contributed by atoms with Crippen molar-refractivity contribution in [3.05, 3.63) is 91.0 Å². The van der Waals surface area contributed by atoms with Gasteiger partial charge in [0.2, 0.25) is 11.8 Å². The molecule has 3 aromatic carbocycles. The van der Waals surface area contributed by atoms with Gasteiger partial charge in [-0.1, -0.05) is 0 Å². The highest BCUT2D eigenvalue weighted by Crippen LogP contribution is 2.35. The number of nitrogens with one attached hydrogen (secondary N) is 2. The van der Waals surface area contributed by atoms with Crippen molar-refractivity contribution < 1.29 is 18.7 Å². The lowest BCUT2D eigenvalue weighted by Crippen LogP contribution is -2.52. The molecule has 52 heavy (non-hydrogen) atoms. The SMILES string of the molecule is O=C(CN1CCC(CN2CCOCC2)(C(=O)Nc2ccc3[nH]nc(-c4ccc(F)cc4)c3c2)C1)N1CCN(c2ccc(-c3ncccn3)cc2)CC1. The molecule has 3 fully saturated rings. The number of nitrogens with zero attached hydrogens (tertiary/aromatic N) is 7. The highest BCUT2D eigenvalue weighted by Gasteiger charge is 2.46. The number of aromatic nitrogens is 4. The summed E-state index contributed by atoms with van der Waals surface area (Å²) in [5.41, 5.74) is 4.35. The third-order valence-corrected chi connectivity index (χ3v) is 10.5. The number of piperazine rings is 1. The number of carbonyl (C=O) groups is 2. The second kappa shape index (κ2) is 14.8. The van der Waals surface area contributed by atoms with E-state index in [-0.39, 0.29) is 24.2 Å². The fourth-order valence-electron chi connectivity index (χ4n) is 7.62. The minimum Gasteiger partial charge on any atom is -0.379 e. The van der Waals surface area contributed by atoms with Gasteiger partial charge in [-0.05, 0) is 85.8 Å². The number of fused-ring (bicyclic) bond motifs is 1. The Hall–Kier alpha value is -5.24. The van der Waals surface area contributed by atoms with Crippen molar-refractivity contribution in [1.82, 2.24) is 34.9 Å². The number of benzene rings is 3. The van der Waals surface area contributed by atoms with Crippen LogP contribution in [0.2, 0.25) is 0 Å². The van der Waals surface area contributed by atoms with Gasteiger partial charge in [0.1, 0.15) is 5.82 Å². The lowest BCUT2D eigenvalue weighted by atomic mass is 9.85. The molecule has 8 rings (SSSR count). The van der Waals surface area contributed by atoms with Gasteiger partial charge in [-0.15, -0.1) is 0 Å². The molecule has 1 unspecified atom stereocenters. The van der Waals surface area contributed by atoms with Crippen LogP contribution in [0.25, 0.3) is 33.5 Å². The Morgan fingerprint density at radius 1 is 0.846 bits per heavy atom. The number of aromatic amines is 1. The summed E-state index contributed by atoms with van der Waals surface area (Å²) in [6, 6.07) is 22.0. The first-order valence-corrected chi connectivity index (χ1v) is 17.9. The van der Waals surface area contributed by atoms with Crippen LogP contribution in [0.15, 0.2) is 85.2 Å². The number of anilines is 2. The van der Waals surface area contributed by atoms with E-state index in [1.807, 2.05) is 35.2 Å². The van der Waals surface area contributed by atoms with Crippen molar-refractivity contribution in [2.45, 2.75) is 6.42 Å². The number of morpholine rings is 1. The number of likely N-dealkylation sites (tertiary alicyclic amines) is 1. The molecule has 0 spiro atoms. The zero-order valence-electron chi connectivity index (χ0n) is 29.0. The summed E-state index contributed by atoms with van der Waals surface area (Å²) in [7, 11) is 0. The summed E-state index contributed by atoms with van der Waals surface area (Å²) >= 11 is 0. The quantitative estimate of drug-likeness (QED) is 0.233. The summed E-state index contributed by atoms with van der Waals surface area (Å²) < 4.78 is 19.2. The predicted octanol–water partition coefficient (Wildman–Crippen LogP) is 4.14. The zero-order valence-corrected chi connectivity index (χ0v) is 29.0. The Bertz CT molecular complexity index is 2010. The molecule has 3 aliphatic heterocycles. The van der Waals surface area contributed by atoms with Gasteiger partial charge in [-0.25, -0.2) is 14.4 Å². The summed E-state index contributed by atoms with van der Waals surface area (Å²) in [4.78, 5) is 45.3. The van der Waals surface area contributed by atoms with Crippen molar-refractivity contribution in [3.8, 4) is 22.6 Å². The fraction of sp³-hybridized carbons (Fsp3) is 0.359. The van der Waals surface area contributed by atoms with Crippen LogP contribution in [-0.4, -0.2) is 125 Å². The number of halogens is 1. The van der Waals surface area contributed by atoms with Crippen LogP contribution in [-0.2, 0) is 14.3 Å². The molecule has 5 aromatic rings. The molecule has 1 atom stereocenters. The second-order valence-corrected chi connectivity index (χ2v) is 13.9. The van der Waals surface area contributed by atoms with Crippen LogP contribution in [0.4, 0.5) is 15.8 Å². The van der Waals surface area contributed by atoms with E-state index in [4.69, 9.17) is 4.74 Å². The molecule has 0 saturated carbocycles. The Morgan fingerprint density at radius 3 is 2.33 bits per heavy atom. The van der Waals surface area contributed by atoms with E-state index in [1.54, 1.807) is 30.6 Å². The molecule has 0 aliphatic carbocycles. The highest BCUT2D eigenvalue weighted by molar-refractivity contribution is 6.00. The second-order valence-electron chi connectivity index (χ2n) is 13.9. The normalized spacial score (nSPS) is 20.0. The van der Waals surface area contributed by atoms with E-state index in [0.29, 0.717) is 69.6 Å². The van der Waals surface area contributed by atoms with E-state index in [0.717, 1.165) is 53.9 Å². The van der Waals surface area contributed by atoms with Crippen molar-refractivity contribution in [2.24, 2.45) is 5.41 Å². The van der Waals surface area contributed by atoms with Crippen LogP contribution in [0.5, 0.6) is 0 Å². The van der Waals surface area contributed by atoms with E-state index in [9.17, 15) is 14.0 Å². The summed E-state index contributed by atoms with van der Waals surface area (Å²) in [5, 5.41) is 11.6. The molecule has 3 aliphatic rings. The van der Waals surface area contributed by atoms with Crippen molar-refractivity contribution in [2.75, 3.05) is 88.9 Å². The van der Waals surface area contributed by atoms with E-state index >= 15 is 0 Å². The van der Waals surface area contributed by atoms with Gasteiger partial charge in [0.25, 0.3) is 0 Å². The largest absolute Gasteiger partial charge is 0.379 e. The summed E-state index contributed by atoms with van der Waals surface area (Å²) in [5.74, 6) is 0.427. The van der Waals surface area contributed by atoms with Crippen LogP contribution in [0.1, 0.15) is 6.42 Å². The average molecular weight is 704 g/mol. The van der Waals surface area contributed by atoms with E-state index < -0.39 is 5.41 Å². The van der Waals surface area contributed by atoms with Crippen LogP contribution in [0, 0.1) is 11.2 Å². The molecular formula is C39H42FN9O3. The number of rotatable bonds is 9. The fourth-order valence-corrected chi connectivity index (χ4v) is 7.62. The Morgan fingerprint density at radius 2 is 1.58 bits per heavy atom. The van der Waals surface area contributed by atoms with Gasteiger partial charge in [0.05, 0.1) is 36.4 Å². The molecule has 0 radical (unpaired) electrons. The minimum absolute atomic E-state index is 0.0569. The van der Waals surface area contributed by atoms with Gasteiger partial charge in [0, 0.05) is 92.6 Å². The smallest absolute Gasteiger partial charge is 0.236 e. The number of ether oxygens (including phenoxy) is 1. The Balaban J connectivity index is 0.916. The molecule has 0 bridgehead atoms. The highest BCUT2D eigenvalue weighted by atomic mass is 19.1. The zero-order chi connectivity index (χ0) is 35.5. The third kappa shape index (κ3) is 7.25. The first kappa shape index (κ1) is 33.9. The first-order chi connectivity index (χ1) is 25.4. The predicted molar refractivity (Wildman–Crippen MR) is 197 cm³/mol. The van der Waals surface area contributed by atoms with Crippen molar-refractivity contribution in [3.63, 3.8) is 0 Å². The number of carbonyl (C=O) groups excluding carboxylic acids is 2. The monoisotopic (exact) mass is 703 g/mol. The molecule has 2 amide bonds. The van der Waals surface area contributed by atoms with Crippen molar-refractivity contribution in [1.29, 1.82) is 0 Å². The standard InChI is InChI=1S/C39H42FN9O3/c40-30-6-2-28(3-7-30)36-33-24-31(8-11-34(33)44-45-36)43-38(51)39(26-46-20-22-52-23-21-46)12-15-47(27-39)25-35(50)49-18-16-48(17-19-49)32-9-4-29(5-10-32)37-41-13-1-14-42-37/h1-11,13-14,24H,12,15-23,25-27H2,(H,43,51)(H,44,45). The molecule has 13 heteroatoms. The Labute approximate surface area is 301 Å². The third-order valence-electron chi connectivity index (χ3n) is 10.5. The van der Waals surface area contributed by atoms with E-state index in [1.165, 1.54) is 12.1 Å². The lowest BCUT2D eigenvalue weighted by molar-refractivity contribution is -0.133. The number of amides is 2.